The van der Waals surface area contributed by atoms with E-state index < -0.39 is 0 Å². The second kappa shape index (κ2) is 3.65. The quantitative estimate of drug-likeness (QED) is 0.791. The molecule has 0 fully saturated rings. The molecule has 1 aromatic carbocycles. The number of rotatable bonds is 2. The van der Waals surface area contributed by atoms with Crippen LogP contribution in [-0.2, 0) is 25.7 Å². The Labute approximate surface area is 97.6 Å². The lowest BCUT2D eigenvalue weighted by atomic mass is 9.97. The summed E-state index contributed by atoms with van der Waals surface area (Å²) in [5.41, 5.74) is 8.89. The maximum atomic E-state index is 3.96. The normalized spacial score (nSPS) is 17.1. The Balaban J connectivity index is 2.12. The molecule has 1 heteroatoms. The third-order valence-electron chi connectivity index (χ3n) is 3.83. The van der Waals surface area contributed by atoms with Crippen LogP contribution in [0.3, 0.4) is 0 Å². The minimum absolute atomic E-state index is 1.05. The van der Waals surface area contributed by atoms with E-state index in [1.54, 1.807) is 22.3 Å². The first-order chi connectivity index (χ1) is 7.75. The Morgan fingerprint density at radius 1 is 1.06 bits per heavy atom. The third kappa shape index (κ3) is 1.46. The molecule has 0 saturated carbocycles. The molecule has 1 nitrogen and oxygen atoms in total. The van der Waals surface area contributed by atoms with E-state index in [-0.39, 0.29) is 0 Å². The number of hydrogen-bond acceptors (Lipinski definition) is 1. The van der Waals surface area contributed by atoms with Gasteiger partial charge in [-0.2, -0.15) is 0 Å². The zero-order chi connectivity index (χ0) is 11.1. The molecule has 0 spiro atoms. The van der Waals surface area contributed by atoms with Crippen LogP contribution in [-0.4, -0.2) is 0 Å². The average Bonchev–Trinajstić information content (AvgIpc) is 2.82. The van der Waals surface area contributed by atoms with Gasteiger partial charge in [0.2, 0.25) is 0 Å². The van der Waals surface area contributed by atoms with Gasteiger partial charge in [-0.05, 0) is 73.8 Å². The number of aryl methyl sites for hydroxylation is 1. The van der Waals surface area contributed by atoms with Gasteiger partial charge in [0.25, 0.3) is 0 Å². The minimum Gasteiger partial charge on any atom is -0.359 e. The fraction of sp³-hybridized carbons (Fsp3) is 0.467. The number of anilines is 1. The van der Waals surface area contributed by atoms with Crippen LogP contribution in [0.2, 0.25) is 0 Å². The van der Waals surface area contributed by atoms with Gasteiger partial charge in [0.15, 0.2) is 0 Å². The van der Waals surface area contributed by atoms with E-state index in [9.17, 15) is 0 Å². The van der Waals surface area contributed by atoms with Crippen molar-refractivity contribution in [3.8, 4) is 0 Å². The van der Waals surface area contributed by atoms with E-state index in [0.29, 0.717) is 0 Å². The first-order valence-corrected chi connectivity index (χ1v) is 6.35. The highest BCUT2D eigenvalue weighted by molar-refractivity contribution is 5.64. The SMILES string of the molecule is C=C(C)Nc1cc2c(c3c1CCC3)CCC2. The average molecular weight is 213 g/mol. The van der Waals surface area contributed by atoms with Crippen LogP contribution in [0, 0.1) is 0 Å². The van der Waals surface area contributed by atoms with E-state index in [0.717, 1.165) is 5.70 Å². The van der Waals surface area contributed by atoms with Gasteiger partial charge < -0.3 is 5.32 Å². The highest BCUT2D eigenvalue weighted by atomic mass is 14.9. The Morgan fingerprint density at radius 3 is 2.56 bits per heavy atom. The molecular weight excluding hydrogens is 194 g/mol. The van der Waals surface area contributed by atoms with E-state index in [1.807, 2.05) is 6.92 Å². The smallest absolute Gasteiger partial charge is 0.0419 e. The molecule has 0 heterocycles. The predicted octanol–water partition coefficient (Wildman–Crippen LogP) is 3.61. The van der Waals surface area contributed by atoms with E-state index in [4.69, 9.17) is 0 Å². The topological polar surface area (TPSA) is 12.0 Å². The summed E-state index contributed by atoms with van der Waals surface area (Å²) < 4.78 is 0. The van der Waals surface area contributed by atoms with E-state index >= 15 is 0 Å². The molecule has 0 aliphatic heterocycles. The predicted molar refractivity (Wildman–Crippen MR) is 68.9 cm³/mol. The molecule has 0 saturated heterocycles. The molecule has 3 rings (SSSR count). The van der Waals surface area contributed by atoms with Crippen molar-refractivity contribution >= 4 is 5.69 Å². The van der Waals surface area contributed by atoms with Gasteiger partial charge in [0, 0.05) is 11.4 Å². The summed E-state index contributed by atoms with van der Waals surface area (Å²) in [7, 11) is 0. The number of allylic oxidation sites excluding steroid dienone is 1. The Bertz CT molecular complexity index is 457. The molecule has 0 bridgehead atoms. The fourth-order valence-electron chi connectivity index (χ4n) is 3.25. The van der Waals surface area contributed by atoms with Crippen molar-refractivity contribution < 1.29 is 0 Å². The van der Waals surface area contributed by atoms with Crippen LogP contribution >= 0.6 is 0 Å². The van der Waals surface area contributed by atoms with Gasteiger partial charge in [0.05, 0.1) is 0 Å². The summed E-state index contributed by atoms with van der Waals surface area (Å²) in [6.07, 6.45) is 7.80. The summed E-state index contributed by atoms with van der Waals surface area (Å²) in [5, 5.41) is 3.44. The third-order valence-corrected chi connectivity index (χ3v) is 3.83. The van der Waals surface area contributed by atoms with Gasteiger partial charge in [0.1, 0.15) is 0 Å². The molecule has 0 aromatic heterocycles. The molecule has 2 aliphatic rings. The highest BCUT2D eigenvalue weighted by Gasteiger charge is 2.23. The lowest BCUT2D eigenvalue weighted by Gasteiger charge is -2.15. The molecule has 0 unspecified atom stereocenters. The minimum atomic E-state index is 1.05. The zero-order valence-corrected chi connectivity index (χ0v) is 10.0. The standard InChI is InChI=1S/C15H19N/c1-10(2)16-15-9-11-5-3-6-12(11)13-7-4-8-14(13)15/h9,16H,1,3-8H2,2H3. The zero-order valence-electron chi connectivity index (χ0n) is 10.0. The van der Waals surface area contributed by atoms with E-state index in [1.165, 1.54) is 44.2 Å². The fourth-order valence-corrected chi connectivity index (χ4v) is 3.25. The van der Waals surface area contributed by atoms with Gasteiger partial charge in [-0.15, -0.1) is 0 Å². The summed E-state index contributed by atoms with van der Waals surface area (Å²) in [5.74, 6) is 0. The van der Waals surface area contributed by atoms with Crippen molar-refractivity contribution in [3.63, 3.8) is 0 Å². The Hall–Kier alpha value is -1.24. The summed E-state index contributed by atoms with van der Waals surface area (Å²) in [4.78, 5) is 0. The summed E-state index contributed by atoms with van der Waals surface area (Å²) in [6, 6.07) is 2.38. The van der Waals surface area contributed by atoms with Crippen molar-refractivity contribution in [1.82, 2.24) is 0 Å². The molecule has 1 N–H and O–H groups in total. The first kappa shape index (κ1) is 9.95. The molecule has 0 atom stereocenters. The van der Waals surface area contributed by atoms with Gasteiger partial charge >= 0.3 is 0 Å². The van der Waals surface area contributed by atoms with Crippen molar-refractivity contribution in [1.29, 1.82) is 0 Å². The molecule has 84 valence electrons. The molecule has 16 heavy (non-hydrogen) atoms. The molecule has 2 aliphatic carbocycles. The number of benzene rings is 1. The summed E-state index contributed by atoms with van der Waals surface area (Å²) >= 11 is 0. The largest absolute Gasteiger partial charge is 0.359 e. The maximum Gasteiger partial charge on any atom is 0.0419 e. The first-order valence-electron chi connectivity index (χ1n) is 6.35. The van der Waals surface area contributed by atoms with Gasteiger partial charge in [-0.3, -0.25) is 0 Å². The van der Waals surface area contributed by atoms with Crippen molar-refractivity contribution in [2.24, 2.45) is 0 Å². The van der Waals surface area contributed by atoms with Crippen LogP contribution in [0.4, 0.5) is 5.69 Å². The molecule has 0 amide bonds. The molecule has 0 radical (unpaired) electrons. The van der Waals surface area contributed by atoms with Crippen molar-refractivity contribution in [3.05, 3.63) is 40.6 Å². The number of fused-ring (bicyclic) bond motifs is 3. The lowest BCUT2D eigenvalue weighted by molar-refractivity contribution is 0.888. The van der Waals surface area contributed by atoms with E-state index in [2.05, 4.69) is 18.0 Å². The lowest BCUT2D eigenvalue weighted by Crippen LogP contribution is -2.01. The van der Waals surface area contributed by atoms with Crippen LogP contribution in [0.1, 0.15) is 42.0 Å². The second-order valence-electron chi connectivity index (χ2n) is 5.13. The van der Waals surface area contributed by atoms with Crippen LogP contribution < -0.4 is 5.32 Å². The summed E-state index contributed by atoms with van der Waals surface area (Å²) in [6.45, 7) is 5.99. The molecule has 1 aromatic rings. The monoisotopic (exact) mass is 213 g/mol. The number of hydrogen-bond donors (Lipinski definition) is 1. The van der Waals surface area contributed by atoms with Crippen LogP contribution in [0.15, 0.2) is 18.3 Å². The van der Waals surface area contributed by atoms with Crippen molar-refractivity contribution in [2.45, 2.75) is 45.4 Å². The Morgan fingerprint density at radius 2 is 1.75 bits per heavy atom. The Kier molecular flexibility index (Phi) is 2.27. The van der Waals surface area contributed by atoms with Gasteiger partial charge in [-0.25, -0.2) is 0 Å². The number of nitrogens with one attached hydrogen (secondary N) is 1. The highest BCUT2D eigenvalue weighted by Crippen LogP contribution is 2.38. The second-order valence-corrected chi connectivity index (χ2v) is 5.13. The molecular formula is C15H19N. The van der Waals surface area contributed by atoms with Crippen LogP contribution in [0.5, 0.6) is 0 Å². The maximum absolute atomic E-state index is 3.96. The van der Waals surface area contributed by atoms with Crippen molar-refractivity contribution in [2.75, 3.05) is 5.32 Å². The van der Waals surface area contributed by atoms with Crippen LogP contribution in [0.25, 0.3) is 0 Å². The van der Waals surface area contributed by atoms with Gasteiger partial charge in [-0.1, -0.05) is 6.58 Å².